The quantitative estimate of drug-likeness (QED) is 0.618. The predicted molar refractivity (Wildman–Crippen MR) is 58.1 cm³/mol. The lowest BCUT2D eigenvalue weighted by molar-refractivity contribution is -0.214. The van der Waals surface area contributed by atoms with Gasteiger partial charge in [-0.1, -0.05) is 18.7 Å². The van der Waals surface area contributed by atoms with Crippen LogP contribution >= 0.6 is 11.8 Å². The molecule has 0 aliphatic rings. The van der Waals surface area contributed by atoms with Gasteiger partial charge < -0.3 is 0 Å². The van der Waals surface area contributed by atoms with Crippen LogP contribution in [0.1, 0.15) is 19.8 Å². The van der Waals surface area contributed by atoms with Crippen LogP contribution in [0.15, 0.2) is 0 Å². The molecule has 120 valence electrons. The Balaban J connectivity index is 4.64. The number of hydrogen-bond donors (Lipinski definition) is 0. The van der Waals surface area contributed by atoms with Gasteiger partial charge in [-0.3, -0.25) is 4.79 Å². The zero-order valence-corrected chi connectivity index (χ0v) is 11.0. The van der Waals surface area contributed by atoms with Gasteiger partial charge in [0.1, 0.15) is 0 Å². The fourth-order valence-corrected chi connectivity index (χ4v) is 1.88. The molecule has 0 aromatic heterocycles. The minimum atomic E-state index is -5.50. The second kappa shape index (κ2) is 7.46. The first-order valence-corrected chi connectivity index (χ1v) is 6.42. The molecule has 0 saturated carbocycles. The van der Waals surface area contributed by atoms with Crippen LogP contribution in [0, 0.1) is 0 Å². The lowest BCUT2D eigenvalue weighted by Crippen LogP contribution is -2.50. The fraction of sp³-hybridized carbons (Fsp3) is 0.900. The normalized spacial score (nSPS) is 16.3. The van der Waals surface area contributed by atoms with Crippen molar-refractivity contribution in [3.63, 3.8) is 0 Å². The van der Waals surface area contributed by atoms with Crippen molar-refractivity contribution in [2.45, 2.75) is 50.4 Å². The molecule has 1 nitrogen and oxygen atoms in total. The van der Waals surface area contributed by atoms with Crippen LogP contribution in [0.4, 0.5) is 35.1 Å². The van der Waals surface area contributed by atoms with Gasteiger partial charge in [-0.2, -0.15) is 8.78 Å². The van der Waals surface area contributed by atoms with Crippen molar-refractivity contribution in [3.05, 3.63) is 0 Å². The SMILES string of the molecule is CCC(=O)SCCC(F)(F)C(F)C(F)C(F)(F)C(F)F. The van der Waals surface area contributed by atoms with Crippen LogP contribution in [0.3, 0.4) is 0 Å². The van der Waals surface area contributed by atoms with Crippen molar-refractivity contribution in [1.29, 1.82) is 0 Å². The highest BCUT2D eigenvalue weighted by atomic mass is 32.2. The van der Waals surface area contributed by atoms with E-state index in [0.29, 0.717) is 11.8 Å². The average Bonchev–Trinajstić information content (AvgIpc) is 2.35. The largest absolute Gasteiger partial charge is 0.340 e. The van der Waals surface area contributed by atoms with Crippen LogP contribution in [-0.2, 0) is 4.79 Å². The molecule has 2 unspecified atom stereocenters. The molecule has 0 bridgehead atoms. The third-order valence-electron chi connectivity index (χ3n) is 2.31. The molecule has 0 aliphatic heterocycles. The molecule has 20 heavy (non-hydrogen) atoms. The Kier molecular flexibility index (Phi) is 7.26. The number of carbonyl (C=O) groups is 1. The minimum Gasteiger partial charge on any atom is -0.287 e. The highest BCUT2D eigenvalue weighted by Gasteiger charge is 2.59. The van der Waals surface area contributed by atoms with Crippen molar-refractivity contribution in [2.75, 3.05) is 5.75 Å². The molecular weight excluding hydrogens is 320 g/mol. The van der Waals surface area contributed by atoms with Crippen molar-refractivity contribution in [3.8, 4) is 0 Å². The lowest BCUT2D eigenvalue weighted by Gasteiger charge is -2.27. The molecule has 0 aromatic rings. The Morgan fingerprint density at radius 1 is 1.05 bits per heavy atom. The van der Waals surface area contributed by atoms with Gasteiger partial charge in [0.2, 0.25) is 12.3 Å². The van der Waals surface area contributed by atoms with E-state index in [4.69, 9.17) is 0 Å². The number of alkyl halides is 8. The van der Waals surface area contributed by atoms with Gasteiger partial charge in [-0.25, -0.2) is 26.3 Å². The average molecular weight is 332 g/mol. The third kappa shape index (κ3) is 5.10. The Bertz CT molecular complexity index is 322. The molecule has 0 amide bonds. The summed E-state index contributed by atoms with van der Waals surface area (Å²) in [5.41, 5.74) is 0. The molecule has 10 heteroatoms. The van der Waals surface area contributed by atoms with Crippen LogP contribution in [0.25, 0.3) is 0 Å². The summed E-state index contributed by atoms with van der Waals surface area (Å²) in [5, 5.41) is -0.495. The van der Waals surface area contributed by atoms with Crippen LogP contribution < -0.4 is 0 Å². The molecule has 2 atom stereocenters. The van der Waals surface area contributed by atoms with Crippen molar-refractivity contribution in [1.82, 2.24) is 0 Å². The highest BCUT2D eigenvalue weighted by Crippen LogP contribution is 2.39. The standard InChI is InChI=1S/C10H12F8OS/c1-2-5(19)20-4-3-9(15,16)6(11)7(12)10(17,18)8(13)14/h6-8H,2-4H2,1H3. The zero-order valence-electron chi connectivity index (χ0n) is 10.2. The zero-order chi connectivity index (χ0) is 16.1. The first-order valence-electron chi connectivity index (χ1n) is 5.44. The van der Waals surface area contributed by atoms with Gasteiger partial charge in [0, 0.05) is 18.6 Å². The summed E-state index contributed by atoms with van der Waals surface area (Å²) >= 11 is 0.403. The topological polar surface area (TPSA) is 17.1 Å². The maximum absolute atomic E-state index is 13.1. The van der Waals surface area contributed by atoms with Crippen molar-refractivity contribution >= 4 is 16.9 Å². The second-order valence-corrected chi connectivity index (χ2v) is 5.02. The monoisotopic (exact) mass is 332 g/mol. The van der Waals surface area contributed by atoms with Gasteiger partial charge in [-0.05, 0) is 0 Å². The van der Waals surface area contributed by atoms with Gasteiger partial charge in [0.25, 0.3) is 5.92 Å². The summed E-state index contributed by atoms with van der Waals surface area (Å²) in [6.07, 6.45) is -14.4. The smallest absolute Gasteiger partial charge is 0.287 e. The third-order valence-corrected chi connectivity index (χ3v) is 3.33. The number of rotatable bonds is 8. The van der Waals surface area contributed by atoms with Gasteiger partial charge in [0.15, 0.2) is 5.12 Å². The summed E-state index contributed by atoms with van der Waals surface area (Å²) in [6, 6.07) is 0. The van der Waals surface area contributed by atoms with Gasteiger partial charge in [-0.15, -0.1) is 0 Å². The molecule has 0 aliphatic carbocycles. The molecule has 0 aromatic carbocycles. The second-order valence-electron chi connectivity index (χ2n) is 3.86. The van der Waals surface area contributed by atoms with E-state index in [1.165, 1.54) is 6.92 Å². The Morgan fingerprint density at radius 3 is 1.95 bits per heavy atom. The molecule has 0 fully saturated rings. The van der Waals surface area contributed by atoms with Gasteiger partial charge >= 0.3 is 12.3 Å². The van der Waals surface area contributed by atoms with E-state index in [-0.39, 0.29) is 6.42 Å². The molecule has 0 rings (SSSR count). The van der Waals surface area contributed by atoms with E-state index in [2.05, 4.69) is 0 Å². The number of thioether (sulfide) groups is 1. The maximum Gasteiger partial charge on any atom is 0.340 e. The van der Waals surface area contributed by atoms with Crippen LogP contribution in [-0.4, -0.2) is 41.5 Å². The summed E-state index contributed by atoms with van der Waals surface area (Å²) in [4.78, 5) is 10.8. The molecular formula is C10H12F8OS. The Hall–Kier alpha value is -0.540. The van der Waals surface area contributed by atoms with Crippen molar-refractivity contribution < 1.29 is 39.9 Å². The molecule has 0 radical (unpaired) electrons. The molecule has 0 saturated heterocycles. The van der Waals surface area contributed by atoms with E-state index in [0.717, 1.165) is 0 Å². The molecule has 0 N–H and O–H groups in total. The van der Waals surface area contributed by atoms with Crippen molar-refractivity contribution in [2.24, 2.45) is 0 Å². The fourth-order valence-electron chi connectivity index (χ4n) is 1.07. The molecule has 0 heterocycles. The number of hydrogen-bond acceptors (Lipinski definition) is 2. The highest BCUT2D eigenvalue weighted by molar-refractivity contribution is 8.13. The summed E-state index contributed by atoms with van der Waals surface area (Å²) < 4.78 is 100. The Labute approximate surface area is 114 Å². The summed E-state index contributed by atoms with van der Waals surface area (Å²) in [6.45, 7) is 1.44. The summed E-state index contributed by atoms with van der Waals surface area (Å²) in [7, 11) is 0. The first-order chi connectivity index (χ1) is 8.96. The van der Waals surface area contributed by atoms with E-state index in [1.54, 1.807) is 0 Å². The number of carbonyl (C=O) groups excluding carboxylic acids is 1. The lowest BCUT2D eigenvalue weighted by atomic mass is 10.0. The maximum atomic E-state index is 13.1. The van der Waals surface area contributed by atoms with E-state index in [9.17, 15) is 39.9 Å². The molecule has 0 spiro atoms. The van der Waals surface area contributed by atoms with Crippen LogP contribution in [0.5, 0.6) is 0 Å². The minimum absolute atomic E-state index is 0.0183. The number of halogens is 8. The van der Waals surface area contributed by atoms with Crippen LogP contribution in [0.2, 0.25) is 0 Å². The van der Waals surface area contributed by atoms with E-state index < -0.39 is 47.9 Å². The predicted octanol–water partition coefficient (Wildman–Crippen LogP) is 4.26. The summed E-state index contributed by atoms with van der Waals surface area (Å²) in [5.74, 6) is -10.7. The Morgan fingerprint density at radius 2 is 1.55 bits per heavy atom. The first kappa shape index (κ1) is 19.5. The van der Waals surface area contributed by atoms with Gasteiger partial charge in [0.05, 0.1) is 0 Å². The van der Waals surface area contributed by atoms with E-state index in [1.807, 2.05) is 0 Å². The van der Waals surface area contributed by atoms with E-state index >= 15 is 0 Å².